The van der Waals surface area contributed by atoms with Gasteiger partial charge in [0.25, 0.3) is 0 Å². The Morgan fingerprint density at radius 3 is 2.75 bits per heavy atom. The van der Waals surface area contributed by atoms with Crippen molar-refractivity contribution in [2.75, 3.05) is 13.1 Å². The molecule has 0 fully saturated rings. The molecule has 2 aromatic rings. The van der Waals surface area contributed by atoms with E-state index in [1.807, 2.05) is 0 Å². The van der Waals surface area contributed by atoms with Gasteiger partial charge in [-0.1, -0.05) is 43.4 Å². The monoisotopic (exact) mass is 289 g/mol. The molecule has 0 bridgehead atoms. The van der Waals surface area contributed by atoms with Crippen LogP contribution in [0.2, 0.25) is 0 Å². The summed E-state index contributed by atoms with van der Waals surface area (Å²) in [6, 6.07) is 6.35. The summed E-state index contributed by atoms with van der Waals surface area (Å²) in [4.78, 5) is 0. The minimum absolute atomic E-state index is 0.690. The molecule has 0 amide bonds. The molecule has 1 aromatic carbocycles. The van der Waals surface area contributed by atoms with Crippen LogP contribution < -0.4 is 5.32 Å². The van der Waals surface area contributed by atoms with Gasteiger partial charge in [-0.3, -0.25) is 0 Å². The molecule has 4 heteroatoms. The molecular weight excluding hydrogens is 266 g/mol. The first-order valence-electron chi connectivity index (χ1n) is 7.17. The standard InChI is InChI=1S/C16H23N3S/c1-11(2)10-17-9-8-15-18-19-16(20-15)14-7-5-6-12(3)13(14)4/h5-7,11,17H,8-10H2,1-4H3. The van der Waals surface area contributed by atoms with E-state index < -0.39 is 0 Å². The van der Waals surface area contributed by atoms with E-state index in [0.29, 0.717) is 5.92 Å². The van der Waals surface area contributed by atoms with Gasteiger partial charge in [0, 0.05) is 18.5 Å². The lowest BCUT2D eigenvalue weighted by atomic mass is 10.0. The van der Waals surface area contributed by atoms with Crippen LogP contribution in [-0.4, -0.2) is 23.3 Å². The van der Waals surface area contributed by atoms with Gasteiger partial charge >= 0.3 is 0 Å². The van der Waals surface area contributed by atoms with Gasteiger partial charge in [0.15, 0.2) is 0 Å². The van der Waals surface area contributed by atoms with E-state index in [0.717, 1.165) is 29.5 Å². The van der Waals surface area contributed by atoms with Gasteiger partial charge in [0.05, 0.1) is 0 Å². The highest BCUT2D eigenvalue weighted by atomic mass is 32.1. The van der Waals surface area contributed by atoms with Gasteiger partial charge in [-0.05, 0) is 37.4 Å². The summed E-state index contributed by atoms with van der Waals surface area (Å²) in [6.07, 6.45) is 0.954. The van der Waals surface area contributed by atoms with Crippen molar-refractivity contribution in [1.82, 2.24) is 15.5 Å². The number of nitrogens with one attached hydrogen (secondary N) is 1. The van der Waals surface area contributed by atoms with Crippen molar-refractivity contribution in [3.63, 3.8) is 0 Å². The first-order valence-corrected chi connectivity index (χ1v) is 7.99. The van der Waals surface area contributed by atoms with Crippen LogP contribution in [0.25, 0.3) is 10.6 Å². The second-order valence-electron chi connectivity index (χ2n) is 5.60. The van der Waals surface area contributed by atoms with Crippen LogP contribution in [0.15, 0.2) is 18.2 Å². The molecule has 0 atom stereocenters. The number of nitrogens with zero attached hydrogens (tertiary/aromatic N) is 2. The van der Waals surface area contributed by atoms with Crippen molar-refractivity contribution >= 4 is 11.3 Å². The maximum absolute atomic E-state index is 4.34. The van der Waals surface area contributed by atoms with Crippen LogP contribution in [0.5, 0.6) is 0 Å². The van der Waals surface area contributed by atoms with Crippen molar-refractivity contribution < 1.29 is 0 Å². The minimum Gasteiger partial charge on any atom is -0.316 e. The highest BCUT2D eigenvalue weighted by Gasteiger charge is 2.09. The Balaban J connectivity index is 2.00. The van der Waals surface area contributed by atoms with Crippen molar-refractivity contribution in [2.24, 2.45) is 5.92 Å². The first-order chi connectivity index (χ1) is 9.58. The average molecular weight is 289 g/mol. The molecule has 0 unspecified atom stereocenters. The molecule has 2 rings (SSSR count). The van der Waals surface area contributed by atoms with Gasteiger partial charge in [0.2, 0.25) is 0 Å². The van der Waals surface area contributed by atoms with Gasteiger partial charge in [-0.25, -0.2) is 0 Å². The molecule has 0 aliphatic heterocycles. The Kier molecular flexibility index (Phi) is 5.26. The second kappa shape index (κ2) is 6.95. The predicted octanol–water partition coefficient (Wildman–Crippen LogP) is 3.61. The second-order valence-corrected chi connectivity index (χ2v) is 6.66. The number of aromatic nitrogens is 2. The Morgan fingerprint density at radius 2 is 2.00 bits per heavy atom. The smallest absolute Gasteiger partial charge is 0.148 e. The number of hydrogen-bond donors (Lipinski definition) is 1. The number of benzene rings is 1. The van der Waals surface area contributed by atoms with E-state index in [-0.39, 0.29) is 0 Å². The van der Waals surface area contributed by atoms with Crippen molar-refractivity contribution in [3.8, 4) is 10.6 Å². The van der Waals surface area contributed by atoms with Gasteiger partial charge < -0.3 is 5.32 Å². The van der Waals surface area contributed by atoms with E-state index in [9.17, 15) is 0 Å². The summed E-state index contributed by atoms with van der Waals surface area (Å²) in [5, 5.41) is 14.2. The molecule has 0 spiro atoms. The molecule has 0 saturated carbocycles. The molecule has 108 valence electrons. The van der Waals surface area contributed by atoms with E-state index in [4.69, 9.17) is 0 Å². The maximum atomic E-state index is 4.34. The molecule has 0 saturated heterocycles. The summed E-state index contributed by atoms with van der Waals surface area (Å²) in [5.41, 5.74) is 3.81. The zero-order chi connectivity index (χ0) is 14.5. The molecule has 1 heterocycles. The van der Waals surface area contributed by atoms with E-state index in [1.165, 1.54) is 16.7 Å². The normalized spacial score (nSPS) is 11.2. The van der Waals surface area contributed by atoms with Crippen molar-refractivity contribution in [2.45, 2.75) is 34.1 Å². The SMILES string of the molecule is Cc1cccc(-c2nnc(CCNCC(C)C)s2)c1C. The van der Waals surface area contributed by atoms with Crippen LogP contribution in [-0.2, 0) is 6.42 Å². The van der Waals surface area contributed by atoms with Crippen LogP contribution in [0, 0.1) is 19.8 Å². The maximum Gasteiger partial charge on any atom is 0.148 e. The number of aryl methyl sites for hydroxylation is 1. The van der Waals surface area contributed by atoms with E-state index >= 15 is 0 Å². The number of rotatable bonds is 6. The van der Waals surface area contributed by atoms with Crippen LogP contribution in [0.3, 0.4) is 0 Å². The lowest BCUT2D eigenvalue weighted by molar-refractivity contribution is 0.553. The third-order valence-electron chi connectivity index (χ3n) is 3.37. The average Bonchev–Trinajstić information content (AvgIpc) is 2.86. The fourth-order valence-corrected chi connectivity index (χ4v) is 2.95. The van der Waals surface area contributed by atoms with Crippen LogP contribution >= 0.6 is 11.3 Å². The van der Waals surface area contributed by atoms with Crippen LogP contribution in [0.4, 0.5) is 0 Å². The Hall–Kier alpha value is -1.26. The fraction of sp³-hybridized carbons (Fsp3) is 0.500. The van der Waals surface area contributed by atoms with Gasteiger partial charge in [-0.2, -0.15) is 0 Å². The highest BCUT2D eigenvalue weighted by molar-refractivity contribution is 7.14. The minimum atomic E-state index is 0.690. The summed E-state index contributed by atoms with van der Waals surface area (Å²) < 4.78 is 0. The van der Waals surface area contributed by atoms with Crippen molar-refractivity contribution in [1.29, 1.82) is 0 Å². The van der Waals surface area contributed by atoms with Gasteiger partial charge in [-0.15, -0.1) is 10.2 Å². The molecule has 0 radical (unpaired) electrons. The number of hydrogen-bond acceptors (Lipinski definition) is 4. The van der Waals surface area contributed by atoms with Gasteiger partial charge in [0.1, 0.15) is 10.0 Å². The molecule has 20 heavy (non-hydrogen) atoms. The van der Waals surface area contributed by atoms with E-state index in [1.54, 1.807) is 11.3 Å². The van der Waals surface area contributed by atoms with Crippen LogP contribution in [0.1, 0.15) is 30.0 Å². The molecule has 0 aliphatic rings. The predicted molar refractivity (Wildman–Crippen MR) is 86.2 cm³/mol. The lowest BCUT2D eigenvalue weighted by Gasteiger charge is -2.05. The highest BCUT2D eigenvalue weighted by Crippen LogP contribution is 2.28. The molecule has 1 N–H and O–H groups in total. The Labute approximate surface area is 125 Å². The summed E-state index contributed by atoms with van der Waals surface area (Å²) >= 11 is 1.71. The molecule has 0 aliphatic carbocycles. The third-order valence-corrected chi connectivity index (χ3v) is 4.39. The topological polar surface area (TPSA) is 37.8 Å². The molecular formula is C16H23N3S. The molecule has 3 nitrogen and oxygen atoms in total. The zero-order valence-corrected chi connectivity index (χ0v) is 13.5. The lowest BCUT2D eigenvalue weighted by Crippen LogP contribution is -2.22. The fourth-order valence-electron chi connectivity index (χ4n) is 2.03. The third kappa shape index (κ3) is 3.87. The Morgan fingerprint density at radius 1 is 1.20 bits per heavy atom. The molecule has 1 aromatic heterocycles. The first kappa shape index (κ1) is 15.1. The summed E-state index contributed by atoms with van der Waals surface area (Å²) in [7, 11) is 0. The summed E-state index contributed by atoms with van der Waals surface area (Å²) in [6.45, 7) is 10.8. The summed E-state index contributed by atoms with van der Waals surface area (Å²) in [5.74, 6) is 0.690. The van der Waals surface area contributed by atoms with Crippen molar-refractivity contribution in [3.05, 3.63) is 34.3 Å². The zero-order valence-electron chi connectivity index (χ0n) is 12.7. The quantitative estimate of drug-likeness (QED) is 0.826. The Bertz CT molecular complexity index is 561. The largest absolute Gasteiger partial charge is 0.316 e. The van der Waals surface area contributed by atoms with E-state index in [2.05, 4.69) is 61.4 Å².